The molecule has 4 nitrogen and oxygen atoms in total. The molecule has 0 spiro atoms. The van der Waals surface area contributed by atoms with Crippen LogP contribution in [0.25, 0.3) is 0 Å². The monoisotopic (exact) mass is 314 g/mol. The van der Waals surface area contributed by atoms with Crippen LogP contribution in [0.4, 0.5) is 5.69 Å². The fourth-order valence-electron chi connectivity index (χ4n) is 5.62. The fourth-order valence-corrected chi connectivity index (χ4v) is 5.62. The van der Waals surface area contributed by atoms with Gasteiger partial charge in [-0.15, -0.1) is 0 Å². The maximum Gasteiger partial charge on any atom is 0.238 e. The van der Waals surface area contributed by atoms with Crippen LogP contribution >= 0.6 is 0 Å². The average molecular weight is 314 g/mol. The lowest BCUT2D eigenvalue weighted by atomic mass is 9.51. The van der Waals surface area contributed by atoms with Crippen molar-refractivity contribution < 1.29 is 9.90 Å². The van der Waals surface area contributed by atoms with Gasteiger partial charge in [0.25, 0.3) is 0 Å². The number of hydrogen-bond donors (Lipinski definition) is 3. The molecule has 4 fully saturated rings. The summed E-state index contributed by atoms with van der Waals surface area (Å²) in [4.78, 5) is 12.3. The summed E-state index contributed by atoms with van der Waals surface area (Å²) in [6.45, 7) is 2.34. The van der Waals surface area contributed by atoms with Gasteiger partial charge in [-0.05, 0) is 75.0 Å². The molecule has 0 heterocycles. The van der Waals surface area contributed by atoms with Gasteiger partial charge in [0.1, 0.15) is 0 Å². The summed E-state index contributed by atoms with van der Waals surface area (Å²) in [5, 5.41) is 17.2. The largest absolute Gasteiger partial charge is 0.390 e. The maximum atomic E-state index is 12.3. The predicted octanol–water partition coefficient (Wildman–Crippen LogP) is 2.61. The van der Waals surface area contributed by atoms with E-state index >= 15 is 0 Å². The molecule has 0 aliphatic heterocycles. The van der Waals surface area contributed by atoms with Gasteiger partial charge < -0.3 is 15.7 Å². The van der Waals surface area contributed by atoms with Crippen molar-refractivity contribution in [1.29, 1.82) is 0 Å². The average Bonchev–Trinajstić information content (AvgIpc) is 2.43. The number of anilines is 1. The van der Waals surface area contributed by atoms with E-state index in [0.29, 0.717) is 18.4 Å². The Labute approximate surface area is 137 Å². The molecule has 124 valence electrons. The van der Waals surface area contributed by atoms with E-state index < -0.39 is 5.60 Å². The highest BCUT2D eigenvalue weighted by Gasteiger charge is 2.56. The SMILES string of the molecule is Cc1cccc(NC(=O)CNC23CC4CC(CC(O)(C4)C2)C3)c1. The molecule has 2 atom stereocenters. The number of carbonyl (C=O) groups excluding carboxylic acids is 1. The standard InChI is InChI=1S/C19H26N2O2/c1-13-3-2-4-16(5-13)21-17(22)11-20-18-7-14-6-15(8-18)10-19(23,9-14)12-18/h2-5,14-15,20,23H,6-12H2,1H3,(H,21,22). The van der Waals surface area contributed by atoms with Crippen LogP contribution in [-0.2, 0) is 4.79 Å². The number of rotatable bonds is 4. The van der Waals surface area contributed by atoms with Crippen molar-refractivity contribution >= 4 is 11.6 Å². The summed E-state index contributed by atoms with van der Waals surface area (Å²) < 4.78 is 0. The molecular weight excluding hydrogens is 288 g/mol. The van der Waals surface area contributed by atoms with Gasteiger partial charge in [0.2, 0.25) is 5.91 Å². The van der Waals surface area contributed by atoms with E-state index in [1.807, 2.05) is 31.2 Å². The molecule has 4 saturated carbocycles. The molecule has 1 aromatic rings. The molecule has 23 heavy (non-hydrogen) atoms. The highest BCUT2D eigenvalue weighted by molar-refractivity contribution is 5.92. The van der Waals surface area contributed by atoms with Crippen molar-refractivity contribution in [2.45, 2.75) is 56.6 Å². The number of amides is 1. The molecule has 4 heteroatoms. The van der Waals surface area contributed by atoms with Gasteiger partial charge in [0.15, 0.2) is 0 Å². The highest BCUT2D eigenvalue weighted by atomic mass is 16.3. The lowest BCUT2D eigenvalue weighted by molar-refractivity contribution is -0.144. The third kappa shape index (κ3) is 3.02. The van der Waals surface area contributed by atoms with Crippen molar-refractivity contribution in [3.05, 3.63) is 29.8 Å². The van der Waals surface area contributed by atoms with Crippen LogP contribution in [0.1, 0.15) is 44.1 Å². The third-order valence-electron chi connectivity index (χ3n) is 5.96. The van der Waals surface area contributed by atoms with E-state index in [1.54, 1.807) is 0 Å². The molecule has 0 radical (unpaired) electrons. The third-order valence-corrected chi connectivity index (χ3v) is 5.96. The van der Waals surface area contributed by atoms with Crippen molar-refractivity contribution in [1.82, 2.24) is 5.32 Å². The predicted molar refractivity (Wildman–Crippen MR) is 90.2 cm³/mol. The highest BCUT2D eigenvalue weighted by Crippen LogP contribution is 2.57. The van der Waals surface area contributed by atoms with Gasteiger partial charge in [-0.2, -0.15) is 0 Å². The Bertz CT molecular complexity index is 614. The Hall–Kier alpha value is -1.39. The number of aliphatic hydroxyl groups is 1. The topological polar surface area (TPSA) is 61.4 Å². The molecular formula is C19H26N2O2. The van der Waals surface area contributed by atoms with Gasteiger partial charge in [0.05, 0.1) is 12.1 Å². The Morgan fingerprint density at radius 3 is 2.65 bits per heavy atom. The molecule has 4 aliphatic carbocycles. The summed E-state index contributed by atoms with van der Waals surface area (Å²) >= 11 is 0. The smallest absolute Gasteiger partial charge is 0.238 e. The van der Waals surface area contributed by atoms with Gasteiger partial charge in [0, 0.05) is 11.2 Å². The van der Waals surface area contributed by atoms with E-state index in [-0.39, 0.29) is 11.4 Å². The number of aryl methyl sites for hydroxylation is 1. The van der Waals surface area contributed by atoms with Crippen LogP contribution in [0.3, 0.4) is 0 Å². The second-order valence-electron chi connectivity index (χ2n) is 8.24. The summed E-state index contributed by atoms with van der Waals surface area (Å²) in [6, 6.07) is 7.86. The van der Waals surface area contributed by atoms with Crippen molar-refractivity contribution in [3.8, 4) is 0 Å². The zero-order valence-corrected chi connectivity index (χ0v) is 13.8. The fraction of sp³-hybridized carbons (Fsp3) is 0.632. The van der Waals surface area contributed by atoms with Crippen molar-refractivity contribution in [2.75, 3.05) is 11.9 Å². The summed E-state index contributed by atoms with van der Waals surface area (Å²) in [6.07, 6.45) is 6.23. The van der Waals surface area contributed by atoms with Gasteiger partial charge in [-0.3, -0.25) is 4.79 Å². The van der Waals surface area contributed by atoms with Crippen molar-refractivity contribution in [3.63, 3.8) is 0 Å². The van der Waals surface area contributed by atoms with E-state index in [9.17, 15) is 9.90 Å². The molecule has 1 aromatic carbocycles. The number of benzene rings is 1. The van der Waals surface area contributed by atoms with Gasteiger partial charge in [-0.1, -0.05) is 12.1 Å². The first-order chi connectivity index (χ1) is 10.9. The molecule has 4 bridgehead atoms. The summed E-state index contributed by atoms with van der Waals surface area (Å²) in [5.41, 5.74) is 1.48. The molecule has 4 aliphatic rings. The number of carbonyl (C=O) groups is 1. The van der Waals surface area contributed by atoms with Crippen LogP contribution in [0.5, 0.6) is 0 Å². The molecule has 5 rings (SSSR count). The van der Waals surface area contributed by atoms with Gasteiger partial charge >= 0.3 is 0 Å². The minimum atomic E-state index is -0.482. The first kappa shape index (κ1) is 15.2. The summed E-state index contributed by atoms with van der Waals surface area (Å²) in [5.74, 6) is 1.26. The lowest BCUT2D eigenvalue weighted by Gasteiger charge is -2.60. The Morgan fingerprint density at radius 2 is 2.00 bits per heavy atom. The lowest BCUT2D eigenvalue weighted by Crippen LogP contribution is -2.65. The minimum Gasteiger partial charge on any atom is -0.390 e. The van der Waals surface area contributed by atoms with Crippen LogP contribution in [0.15, 0.2) is 24.3 Å². The zero-order chi connectivity index (χ0) is 16.1. The van der Waals surface area contributed by atoms with Crippen LogP contribution in [0, 0.1) is 18.8 Å². The first-order valence-electron chi connectivity index (χ1n) is 8.78. The van der Waals surface area contributed by atoms with Gasteiger partial charge in [-0.25, -0.2) is 0 Å². The minimum absolute atomic E-state index is 0.00154. The Morgan fingerprint density at radius 1 is 1.26 bits per heavy atom. The molecule has 1 amide bonds. The van der Waals surface area contributed by atoms with Crippen LogP contribution in [0.2, 0.25) is 0 Å². The Balaban J connectivity index is 1.38. The molecule has 3 N–H and O–H groups in total. The number of nitrogens with one attached hydrogen (secondary N) is 2. The quantitative estimate of drug-likeness (QED) is 0.800. The maximum absolute atomic E-state index is 12.3. The number of hydrogen-bond acceptors (Lipinski definition) is 3. The second kappa shape index (κ2) is 5.32. The normalized spacial score (nSPS) is 37.8. The van der Waals surface area contributed by atoms with Crippen molar-refractivity contribution in [2.24, 2.45) is 11.8 Å². The van der Waals surface area contributed by atoms with Crippen LogP contribution < -0.4 is 10.6 Å². The second-order valence-corrected chi connectivity index (χ2v) is 8.24. The first-order valence-corrected chi connectivity index (χ1v) is 8.78. The van der Waals surface area contributed by atoms with E-state index in [4.69, 9.17) is 0 Å². The van der Waals surface area contributed by atoms with E-state index in [0.717, 1.165) is 43.4 Å². The Kier molecular flexibility index (Phi) is 3.50. The molecule has 0 saturated heterocycles. The van der Waals surface area contributed by atoms with E-state index in [1.165, 1.54) is 6.42 Å². The van der Waals surface area contributed by atoms with E-state index in [2.05, 4.69) is 10.6 Å². The van der Waals surface area contributed by atoms with Crippen LogP contribution in [-0.4, -0.2) is 28.7 Å². The molecule has 2 unspecified atom stereocenters. The summed E-state index contributed by atoms with van der Waals surface area (Å²) in [7, 11) is 0. The molecule has 0 aromatic heterocycles. The zero-order valence-electron chi connectivity index (χ0n) is 13.8.